The summed E-state index contributed by atoms with van der Waals surface area (Å²) in [6, 6.07) is 0. The molecule has 0 amide bonds. The Balaban J connectivity index is 0.000000660. The molecular formula is C12H19N5. The molecule has 2 aromatic heterocycles. The second kappa shape index (κ2) is 7.27. The third-order valence-corrected chi connectivity index (χ3v) is 1.60. The molecule has 2 rings (SSSR count). The van der Waals surface area contributed by atoms with Gasteiger partial charge in [0.05, 0.1) is 24.3 Å². The fraction of sp³-hybridized carbons (Fsp3) is 0.333. The fourth-order valence-electron chi connectivity index (χ4n) is 0.952. The van der Waals surface area contributed by atoms with Crippen molar-refractivity contribution in [1.29, 1.82) is 0 Å². The van der Waals surface area contributed by atoms with Crippen molar-refractivity contribution >= 4 is 11.6 Å². The first kappa shape index (κ1) is 13.0. The second-order valence-corrected chi connectivity index (χ2v) is 3.47. The molecule has 0 saturated heterocycles. The normalized spacial score (nSPS) is 9.12. The van der Waals surface area contributed by atoms with E-state index in [0.29, 0.717) is 11.6 Å². The highest BCUT2D eigenvalue weighted by Gasteiger charge is 1.95. The molecule has 92 valence electrons. The van der Waals surface area contributed by atoms with Crippen LogP contribution < -0.4 is 5.32 Å². The molecule has 0 radical (unpaired) electrons. The number of anilines is 2. The zero-order chi connectivity index (χ0) is 12.5. The lowest BCUT2D eigenvalue weighted by atomic mass is 10.5. The zero-order valence-corrected chi connectivity index (χ0v) is 10.4. The minimum atomic E-state index is 0. The Morgan fingerprint density at radius 1 is 1.00 bits per heavy atom. The lowest BCUT2D eigenvalue weighted by Gasteiger charge is -2.02. The van der Waals surface area contributed by atoms with E-state index in [4.69, 9.17) is 0 Å². The van der Waals surface area contributed by atoms with Gasteiger partial charge in [0.15, 0.2) is 0 Å². The van der Waals surface area contributed by atoms with Crippen molar-refractivity contribution in [2.75, 3.05) is 5.32 Å². The Hall–Kier alpha value is -2.04. The van der Waals surface area contributed by atoms with Gasteiger partial charge >= 0.3 is 0 Å². The summed E-state index contributed by atoms with van der Waals surface area (Å²) in [6.07, 6.45) is 9.46. The molecule has 2 heterocycles. The summed E-state index contributed by atoms with van der Waals surface area (Å²) in [7, 11) is 0. The molecule has 0 aliphatic carbocycles. The van der Waals surface area contributed by atoms with Gasteiger partial charge in [0.1, 0.15) is 11.6 Å². The number of nitrogens with zero attached hydrogens (tertiary/aromatic N) is 4. The number of aromatic nitrogens is 4. The number of hydrogen-bond donors (Lipinski definition) is 1. The summed E-state index contributed by atoms with van der Waals surface area (Å²) < 4.78 is 0. The van der Waals surface area contributed by atoms with Gasteiger partial charge in [-0.1, -0.05) is 20.3 Å². The van der Waals surface area contributed by atoms with Crippen LogP contribution in [-0.4, -0.2) is 19.9 Å². The van der Waals surface area contributed by atoms with E-state index >= 15 is 0 Å². The van der Waals surface area contributed by atoms with Gasteiger partial charge in [-0.05, 0) is 6.92 Å². The van der Waals surface area contributed by atoms with E-state index in [9.17, 15) is 0 Å². The van der Waals surface area contributed by atoms with Crippen LogP contribution in [0, 0.1) is 6.92 Å². The van der Waals surface area contributed by atoms with Gasteiger partial charge in [-0.2, -0.15) is 0 Å². The maximum Gasteiger partial charge on any atom is 0.150 e. The third-order valence-electron chi connectivity index (χ3n) is 1.60. The van der Waals surface area contributed by atoms with Crippen LogP contribution in [0.4, 0.5) is 11.6 Å². The standard InChI is InChI=1S/C9H9N5.C3H8.H2/c1-7-4-13-9(6-12-7)14-8-5-10-2-3-11-8;1-3-2;/h2-6H,1H3,(H,11,13,14);3H2,1-2H3;1H. The molecule has 0 aliphatic rings. The van der Waals surface area contributed by atoms with Gasteiger partial charge in [-0.3, -0.25) is 9.97 Å². The molecule has 5 heteroatoms. The molecule has 0 fully saturated rings. The van der Waals surface area contributed by atoms with Crippen molar-refractivity contribution in [1.82, 2.24) is 19.9 Å². The van der Waals surface area contributed by atoms with E-state index in [0.717, 1.165) is 5.69 Å². The van der Waals surface area contributed by atoms with Gasteiger partial charge in [0.25, 0.3) is 0 Å². The quantitative estimate of drug-likeness (QED) is 0.863. The van der Waals surface area contributed by atoms with Crippen molar-refractivity contribution in [2.24, 2.45) is 0 Å². The number of aryl methyl sites for hydroxylation is 1. The van der Waals surface area contributed by atoms with Gasteiger partial charge in [-0.25, -0.2) is 9.97 Å². The van der Waals surface area contributed by atoms with Crippen LogP contribution in [-0.2, 0) is 0 Å². The molecule has 0 atom stereocenters. The van der Waals surface area contributed by atoms with Crippen LogP contribution in [0.15, 0.2) is 31.0 Å². The predicted molar refractivity (Wildman–Crippen MR) is 70.2 cm³/mol. The van der Waals surface area contributed by atoms with Crippen LogP contribution in [0.3, 0.4) is 0 Å². The van der Waals surface area contributed by atoms with E-state index in [1.165, 1.54) is 6.42 Å². The van der Waals surface area contributed by atoms with Crippen molar-refractivity contribution < 1.29 is 1.43 Å². The highest BCUT2D eigenvalue weighted by Crippen LogP contribution is 2.07. The molecule has 0 spiro atoms. The highest BCUT2D eigenvalue weighted by molar-refractivity contribution is 5.48. The van der Waals surface area contributed by atoms with Gasteiger partial charge in [0.2, 0.25) is 0 Å². The Morgan fingerprint density at radius 3 is 2.24 bits per heavy atom. The molecule has 0 saturated carbocycles. The van der Waals surface area contributed by atoms with E-state index in [1.54, 1.807) is 31.0 Å². The van der Waals surface area contributed by atoms with E-state index in [2.05, 4.69) is 39.1 Å². The molecule has 0 bridgehead atoms. The van der Waals surface area contributed by atoms with E-state index in [1.807, 2.05) is 6.92 Å². The Morgan fingerprint density at radius 2 is 1.71 bits per heavy atom. The maximum atomic E-state index is 4.13. The average molecular weight is 233 g/mol. The van der Waals surface area contributed by atoms with Crippen molar-refractivity contribution in [3.63, 3.8) is 0 Å². The number of rotatable bonds is 2. The fourth-order valence-corrected chi connectivity index (χ4v) is 0.952. The minimum absolute atomic E-state index is 0. The van der Waals surface area contributed by atoms with Crippen molar-refractivity contribution in [2.45, 2.75) is 27.2 Å². The summed E-state index contributed by atoms with van der Waals surface area (Å²) in [5.41, 5.74) is 0.884. The lowest BCUT2D eigenvalue weighted by molar-refractivity contribution is 1.09. The summed E-state index contributed by atoms with van der Waals surface area (Å²) >= 11 is 0. The van der Waals surface area contributed by atoms with Crippen LogP contribution in [0.2, 0.25) is 0 Å². The number of nitrogens with one attached hydrogen (secondary N) is 1. The first-order valence-corrected chi connectivity index (χ1v) is 5.58. The third kappa shape index (κ3) is 5.01. The summed E-state index contributed by atoms with van der Waals surface area (Å²) in [4.78, 5) is 16.2. The van der Waals surface area contributed by atoms with Gasteiger partial charge in [0, 0.05) is 13.8 Å². The molecule has 0 unspecified atom stereocenters. The van der Waals surface area contributed by atoms with Crippen molar-refractivity contribution in [3.8, 4) is 0 Å². The molecule has 0 aromatic carbocycles. The molecule has 2 aromatic rings. The summed E-state index contributed by atoms with van der Waals surface area (Å²) in [5.74, 6) is 1.32. The van der Waals surface area contributed by atoms with E-state index < -0.39 is 0 Å². The van der Waals surface area contributed by atoms with Gasteiger partial charge < -0.3 is 5.32 Å². The molecule has 5 nitrogen and oxygen atoms in total. The zero-order valence-electron chi connectivity index (χ0n) is 10.4. The first-order valence-electron chi connectivity index (χ1n) is 5.58. The number of hydrogen-bond acceptors (Lipinski definition) is 5. The summed E-state index contributed by atoms with van der Waals surface area (Å²) in [5, 5.41) is 2.98. The molecule has 17 heavy (non-hydrogen) atoms. The van der Waals surface area contributed by atoms with E-state index in [-0.39, 0.29) is 1.43 Å². The summed E-state index contributed by atoms with van der Waals surface area (Å²) in [6.45, 7) is 6.14. The Bertz CT molecular complexity index is 418. The largest absolute Gasteiger partial charge is 0.322 e. The Kier molecular flexibility index (Phi) is 5.57. The smallest absolute Gasteiger partial charge is 0.150 e. The topological polar surface area (TPSA) is 63.6 Å². The average Bonchev–Trinajstić information content (AvgIpc) is 2.35. The van der Waals surface area contributed by atoms with Crippen molar-refractivity contribution in [3.05, 3.63) is 36.7 Å². The Labute approximate surface area is 103 Å². The molecule has 0 aliphatic heterocycles. The minimum Gasteiger partial charge on any atom is -0.322 e. The predicted octanol–water partition coefficient (Wildman–Crippen LogP) is 2.98. The van der Waals surface area contributed by atoms with Crippen LogP contribution in [0.1, 0.15) is 27.4 Å². The first-order chi connectivity index (χ1) is 8.26. The maximum absolute atomic E-state index is 4.13. The second-order valence-electron chi connectivity index (χ2n) is 3.47. The van der Waals surface area contributed by atoms with Crippen LogP contribution >= 0.6 is 0 Å². The highest BCUT2D eigenvalue weighted by atomic mass is 15.1. The lowest BCUT2D eigenvalue weighted by Crippen LogP contribution is -1.97. The monoisotopic (exact) mass is 233 g/mol. The van der Waals surface area contributed by atoms with Crippen LogP contribution in [0.25, 0.3) is 0 Å². The molecule has 1 N–H and O–H groups in total. The molecular weight excluding hydrogens is 214 g/mol. The van der Waals surface area contributed by atoms with Crippen LogP contribution in [0.5, 0.6) is 0 Å². The SMILES string of the molecule is CCC.Cc1cnc(Nc2cnccn2)cn1.[HH]. The van der Waals surface area contributed by atoms with Gasteiger partial charge in [-0.15, -0.1) is 0 Å².